The number of rotatable bonds is 11. The normalized spacial score (nSPS) is 11.7. The van der Waals surface area contributed by atoms with E-state index in [2.05, 4.69) is 182 Å². The summed E-state index contributed by atoms with van der Waals surface area (Å²) in [5.41, 5.74) is 23.8. The van der Waals surface area contributed by atoms with Gasteiger partial charge in [0.1, 0.15) is 44.7 Å². The summed E-state index contributed by atoms with van der Waals surface area (Å²) in [6.45, 7) is 0. The van der Waals surface area contributed by atoms with Crippen molar-refractivity contribution in [1.29, 1.82) is 0 Å². The van der Waals surface area contributed by atoms with E-state index in [1.54, 1.807) is 0 Å². The lowest BCUT2D eigenvalue weighted by molar-refractivity contribution is 0.669. The minimum atomic E-state index is 0.586. The zero-order chi connectivity index (χ0) is 75.2. The second-order valence-electron chi connectivity index (χ2n) is 28.4. The molecular weight excluding hydrogens is 1400 g/mol. The van der Waals surface area contributed by atoms with Crippen LogP contribution in [0.4, 0.5) is 0 Å². The Morgan fingerprint density at radius 2 is 0.439 bits per heavy atom. The van der Waals surface area contributed by atoms with Crippen molar-refractivity contribution in [2.45, 2.75) is 0 Å². The maximum absolute atomic E-state index is 6.70. The Kier molecular flexibility index (Phi) is 15.6. The molecule has 0 aliphatic rings. The van der Waals surface area contributed by atoms with Crippen LogP contribution in [0.25, 0.3) is 234 Å². The molecule has 0 N–H and O–H groups in total. The van der Waals surface area contributed by atoms with Crippen LogP contribution in [0, 0.1) is 0 Å². The molecule has 8 heterocycles. The summed E-state index contributed by atoms with van der Waals surface area (Å²) in [7, 11) is 0. The lowest BCUT2D eigenvalue weighted by Gasteiger charge is -2.11. The lowest BCUT2D eigenvalue weighted by Crippen LogP contribution is -2.00. The smallest absolute Gasteiger partial charge is 0.164 e. The Hall–Kier alpha value is -15.7. The van der Waals surface area contributed by atoms with Crippen LogP contribution in [0.5, 0.6) is 0 Å². The van der Waals surface area contributed by atoms with Gasteiger partial charge in [0.15, 0.2) is 34.9 Å². The van der Waals surface area contributed by atoms with Gasteiger partial charge in [0.25, 0.3) is 0 Å². The molecule has 0 saturated heterocycles. The van der Waals surface area contributed by atoms with Crippen molar-refractivity contribution in [3.05, 3.63) is 364 Å². The quantitative estimate of drug-likeness (QED) is 0.121. The number of fused-ring (bicyclic) bond motifs is 16. The molecule has 0 saturated carbocycles. The zero-order valence-corrected chi connectivity index (χ0v) is 60.9. The van der Waals surface area contributed by atoms with Crippen molar-refractivity contribution in [2.75, 3.05) is 0 Å². The van der Waals surface area contributed by atoms with Gasteiger partial charge in [-0.05, 0) is 76.9 Å². The molecule has 0 radical (unpaired) electrons. The summed E-state index contributed by atoms with van der Waals surface area (Å²) in [6.07, 6.45) is 0. The van der Waals surface area contributed by atoms with E-state index in [0.717, 1.165) is 199 Å². The maximum Gasteiger partial charge on any atom is 0.164 e. The highest BCUT2D eigenvalue weighted by Crippen LogP contribution is 2.46. The van der Waals surface area contributed by atoms with Crippen LogP contribution in [0.15, 0.2) is 382 Å². The van der Waals surface area contributed by atoms with E-state index in [1.807, 2.05) is 182 Å². The molecule has 0 atom stereocenters. The second-order valence-corrected chi connectivity index (χ2v) is 28.4. The Bertz CT molecular complexity index is 7660. The van der Waals surface area contributed by atoms with Crippen molar-refractivity contribution in [1.82, 2.24) is 39.9 Å². The maximum atomic E-state index is 6.70. The Morgan fingerprint density at radius 3 is 0.868 bits per heavy atom. The van der Waals surface area contributed by atoms with Crippen LogP contribution in [0.3, 0.4) is 0 Å². The summed E-state index contributed by atoms with van der Waals surface area (Å²) >= 11 is 0. The van der Waals surface area contributed by atoms with Gasteiger partial charge < -0.3 is 17.7 Å². The van der Waals surface area contributed by atoms with E-state index in [4.69, 9.17) is 57.5 Å². The van der Waals surface area contributed by atoms with E-state index >= 15 is 0 Å². The first-order chi connectivity index (χ1) is 56.5. The van der Waals surface area contributed by atoms with Gasteiger partial charge in [0.05, 0.1) is 33.2 Å². The Balaban J connectivity index is 0.000000140. The van der Waals surface area contributed by atoms with Gasteiger partial charge in [-0.15, -0.1) is 0 Å². The number of furan rings is 4. The average Bonchev–Trinajstić information content (AvgIpc) is 1.55. The monoisotopic (exact) mass is 1460 g/mol. The third kappa shape index (κ3) is 11.5. The molecule has 0 aliphatic carbocycles. The highest BCUT2D eigenvalue weighted by molar-refractivity contribution is 6.22. The molecule has 0 unspecified atom stereocenters. The van der Waals surface area contributed by atoms with Crippen molar-refractivity contribution < 1.29 is 17.7 Å². The molecule has 0 spiro atoms. The largest absolute Gasteiger partial charge is 0.455 e. The Labute approximate surface area is 651 Å². The second kappa shape index (κ2) is 27.2. The molecule has 0 fully saturated rings. The van der Waals surface area contributed by atoms with Crippen LogP contribution in [0.2, 0.25) is 0 Å². The van der Waals surface area contributed by atoms with Crippen molar-refractivity contribution in [3.63, 3.8) is 0 Å². The standard InChI is InChI=1S/C54H32N4O2.C48H28N4O2/c1-3-12-33(13-4-1)34-22-26-37(27-23-34)53-56-52(36-14-5-2-6-15-36)57-54(58-53)38-28-24-35(25-29-38)49-48-43-17-8-10-21-47(43)60-51(48)44-32-39(30-31-45(44)55-49)40-18-11-19-42-41-16-7-9-20-46(41)59-50(40)42;1-3-13-29(14-4-1)46-50-47(30-15-5-2-6-16-30)52-48(51-46)33-18-11-17-32(27-33)43-42-37-20-8-10-24-41(37)54-45(42)38-28-31(25-26-39(38)49-43)34-21-12-22-36-35-19-7-9-23-40(35)53-44(34)36/h1-32H;1-28H. The average molecular weight is 1460 g/mol. The van der Waals surface area contributed by atoms with Gasteiger partial charge >= 0.3 is 0 Å². The SMILES string of the molecule is c1ccc(-c2ccc(-c3nc(-c4ccccc4)nc(-c4ccc(-c5nc6ccc(-c7cccc8c7oc7ccccc78)cc6c6oc7ccccc7c56)cc4)n3)cc2)cc1.c1ccc(-c2nc(-c3ccccc3)nc(-c3cccc(-c4nc5ccc(-c6cccc7c6oc6ccccc67)cc5c5oc6ccccc6c45)c3)n2)cc1. The van der Waals surface area contributed by atoms with E-state index in [0.29, 0.717) is 34.9 Å². The lowest BCUT2D eigenvalue weighted by atomic mass is 9.97. The highest BCUT2D eigenvalue weighted by Gasteiger charge is 2.25. The van der Waals surface area contributed by atoms with Crippen molar-refractivity contribution >= 4 is 110 Å². The molecule has 0 aliphatic heterocycles. The van der Waals surface area contributed by atoms with E-state index in [-0.39, 0.29) is 0 Å². The van der Waals surface area contributed by atoms with Gasteiger partial charge in [-0.1, -0.05) is 309 Å². The summed E-state index contributed by atoms with van der Waals surface area (Å²) in [5.74, 6) is 3.64. The van der Waals surface area contributed by atoms with Gasteiger partial charge in [0.2, 0.25) is 0 Å². The summed E-state index contributed by atoms with van der Waals surface area (Å²) in [4.78, 5) is 40.6. The molecule has 15 aromatic carbocycles. The summed E-state index contributed by atoms with van der Waals surface area (Å²) < 4.78 is 26.3. The predicted octanol–water partition coefficient (Wildman–Crippen LogP) is 26.8. The first kappa shape index (κ1) is 65.4. The fourth-order valence-electron chi connectivity index (χ4n) is 15.9. The molecule has 532 valence electrons. The predicted molar refractivity (Wildman–Crippen MR) is 459 cm³/mol. The highest BCUT2D eigenvalue weighted by atomic mass is 16.3. The number of para-hydroxylation sites is 6. The van der Waals surface area contributed by atoms with Crippen molar-refractivity contribution in [2.24, 2.45) is 0 Å². The van der Waals surface area contributed by atoms with Crippen LogP contribution in [0.1, 0.15) is 0 Å². The van der Waals surface area contributed by atoms with Crippen LogP contribution >= 0.6 is 0 Å². The topological polar surface area (TPSA) is 156 Å². The van der Waals surface area contributed by atoms with Crippen LogP contribution in [-0.4, -0.2) is 39.9 Å². The number of nitrogens with zero attached hydrogens (tertiary/aromatic N) is 8. The van der Waals surface area contributed by atoms with Crippen LogP contribution < -0.4 is 0 Å². The van der Waals surface area contributed by atoms with Gasteiger partial charge in [-0.3, -0.25) is 0 Å². The van der Waals surface area contributed by atoms with E-state index < -0.39 is 0 Å². The molecule has 114 heavy (non-hydrogen) atoms. The fourth-order valence-corrected chi connectivity index (χ4v) is 15.9. The number of hydrogen-bond donors (Lipinski definition) is 0. The molecule has 23 rings (SSSR count). The van der Waals surface area contributed by atoms with Crippen molar-refractivity contribution in [3.8, 4) is 124 Å². The summed E-state index contributed by atoms with van der Waals surface area (Å²) in [5, 5.41) is 10.2. The zero-order valence-electron chi connectivity index (χ0n) is 60.9. The first-order valence-corrected chi connectivity index (χ1v) is 37.8. The number of benzene rings is 15. The fraction of sp³-hybridized carbons (Fsp3) is 0. The first-order valence-electron chi connectivity index (χ1n) is 37.8. The van der Waals surface area contributed by atoms with Gasteiger partial charge in [-0.2, -0.15) is 0 Å². The summed E-state index contributed by atoms with van der Waals surface area (Å²) in [6, 6.07) is 124. The molecule has 12 heteroatoms. The minimum absolute atomic E-state index is 0.586. The number of pyridine rings is 2. The third-order valence-corrected chi connectivity index (χ3v) is 21.5. The van der Waals surface area contributed by atoms with Crippen LogP contribution in [-0.2, 0) is 0 Å². The minimum Gasteiger partial charge on any atom is -0.455 e. The molecule has 12 nitrogen and oxygen atoms in total. The van der Waals surface area contributed by atoms with Gasteiger partial charge in [0, 0.05) is 98.7 Å². The molecule has 8 aromatic heterocycles. The third-order valence-electron chi connectivity index (χ3n) is 21.5. The molecule has 0 amide bonds. The molecule has 0 bridgehead atoms. The molecule has 23 aromatic rings. The number of aromatic nitrogens is 8. The van der Waals surface area contributed by atoms with Gasteiger partial charge in [-0.25, -0.2) is 39.9 Å². The Morgan fingerprint density at radius 1 is 0.158 bits per heavy atom. The van der Waals surface area contributed by atoms with E-state index in [1.165, 1.54) is 0 Å². The number of hydrogen-bond acceptors (Lipinski definition) is 12. The molecular formula is C102H60N8O4. The van der Waals surface area contributed by atoms with E-state index in [9.17, 15) is 0 Å².